The fourth-order valence-corrected chi connectivity index (χ4v) is 11.7. The van der Waals surface area contributed by atoms with E-state index < -0.39 is 97.5 Å². The Hall–Kier alpha value is -1.94. The summed E-state index contributed by atoms with van der Waals surface area (Å²) in [7, 11) is -9.90. The van der Waals surface area contributed by atoms with Gasteiger partial charge in [0.15, 0.2) is 12.2 Å². The molecule has 6 atom stereocenters. The van der Waals surface area contributed by atoms with Gasteiger partial charge >= 0.3 is 39.5 Å². The van der Waals surface area contributed by atoms with Crippen LogP contribution in [0.1, 0.15) is 331 Å². The van der Waals surface area contributed by atoms with Gasteiger partial charge < -0.3 is 33.8 Å². The van der Waals surface area contributed by atoms with E-state index in [-0.39, 0.29) is 25.7 Å². The van der Waals surface area contributed by atoms with Crippen molar-refractivity contribution in [2.45, 2.75) is 350 Å². The first-order valence-corrected chi connectivity index (χ1v) is 38.2. The number of aliphatic hydroxyl groups is 1. The zero-order chi connectivity index (χ0) is 64.7. The SMILES string of the molecule is CCC(C)CCCCCCCCC(=O)O[C@H](COC(=O)CCCCCCCCCC(C)C)COP(=O)(O)OCC(O)COP(=O)(O)OC[C@@H](COC(=O)CCCCCCCCCCCCCCCCC(C)C)OC(=O)CCCCCCCCCC(C)C. The molecule has 0 aliphatic rings. The van der Waals surface area contributed by atoms with Crippen LogP contribution in [0.2, 0.25) is 0 Å². The van der Waals surface area contributed by atoms with Gasteiger partial charge in [-0.1, -0.05) is 280 Å². The molecule has 0 saturated heterocycles. The van der Waals surface area contributed by atoms with Crippen molar-refractivity contribution in [2.24, 2.45) is 23.7 Å². The summed E-state index contributed by atoms with van der Waals surface area (Å²) in [4.78, 5) is 72.4. The summed E-state index contributed by atoms with van der Waals surface area (Å²) in [5.74, 6) is 0.782. The first-order valence-electron chi connectivity index (χ1n) is 35.2. The Balaban J connectivity index is 5.20. The highest BCUT2D eigenvalue weighted by Crippen LogP contribution is 2.45. The number of phosphoric acid groups is 2. The molecular formula is C68H132O17P2. The molecule has 516 valence electrons. The number of hydrogen-bond acceptors (Lipinski definition) is 15. The fraction of sp³-hybridized carbons (Fsp3) is 0.941. The Bertz CT molecular complexity index is 1730. The van der Waals surface area contributed by atoms with Gasteiger partial charge in [-0.25, -0.2) is 9.13 Å². The molecule has 0 spiro atoms. The maximum atomic E-state index is 13.0. The number of carbonyl (C=O) groups is 4. The first-order chi connectivity index (χ1) is 41.6. The maximum absolute atomic E-state index is 13.0. The normalized spacial score (nSPS) is 14.6. The van der Waals surface area contributed by atoms with Crippen LogP contribution < -0.4 is 0 Å². The molecule has 0 aliphatic carbocycles. The molecule has 0 bridgehead atoms. The summed E-state index contributed by atoms with van der Waals surface area (Å²) in [6.07, 6.45) is 39.2. The monoisotopic (exact) mass is 1280 g/mol. The van der Waals surface area contributed by atoms with E-state index in [0.717, 1.165) is 108 Å². The molecule has 0 heterocycles. The lowest BCUT2D eigenvalue weighted by Crippen LogP contribution is -2.30. The molecule has 0 aromatic rings. The molecule has 0 fully saturated rings. The first kappa shape index (κ1) is 85.1. The highest BCUT2D eigenvalue weighted by atomic mass is 31.2. The standard InChI is InChI=1S/C68H132O17P2/c1-9-61(8)47-39-31-26-27-35-43-51-68(73)85-64(55-79-66(71)49-41-33-24-18-21-29-37-45-59(4)5)57-83-87(76,77)81-53-62(69)52-80-86(74,75)82-56-63(84-67(72)50-42-34-25-19-22-30-38-46-60(6)7)54-78-65(70)48-40-32-23-17-15-13-11-10-12-14-16-20-28-36-44-58(2)3/h58-64,69H,9-57H2,1-8H3,(H,74,75)(H,76,77)/t61?,62?,63-,64-/m1/s1. The van der Waals surface area contributed by atoms with Gasteiger partial charge in [0.25, 0.3) is 0 Å². The van der Waals surface area contributed by atoms with Crippen LogP contribution in [0.15, 0.2) is 0 Å². The molecule has 87 heavy (non-hydrogen) atoms. The van der Waals surface area contributed by atoms with Crippen LogP contribution in [-0.4, -0.2) is 96.7 Å². The number of phosphoric ester groups is 2. The molecular weight excluding hydrogens is 1150 g/mol. The largest absolute Gasteiger partial charge is 0.472 e. The summed E-state index contributed by atoms with van der Waals surface area (Å²) in [6.45, 7) is 14.0. The van der Waals surface area contributed by atoms with E-state index in [1.807, 2.05) is 0 Å². The van der Waals surface area contributed by atoms with E-state index in [0.29, 0.717) is 37.5 Å². The Labute approximate surface area is 530 Å². The number of esters is 4. The smallest absolute Gasteiger partial charge is 0.462 e. The van der Waals surface area contributed by atoms with Crippen molar-refractivity contribution in [1.29, 1.82) is 0 Å². The van der Waals surface area contributed by atoms with E-state index in [4.69, 9.17) is 37.0 Å². The van der Waals surface area contributed by atoms with Crippen LogP contribution in [-0.2, 0) is 65.4 Å². The van der Waals surface area contributed by atoms with Crippen molar-refractivity contribution in [3.05, 3.63) is 0 Å². The average molecular weight is 1280 g/mol. The van der Waals surface area contributed by atoms with Gasteiger partial charge in [-0.3, -0.25) is 37.3 Å². The molecule has 4 unspecified atom stereocenters. The van der Waals surface area contributed by atoms with Crippen molar-refractivity contribution >= 4 is 39.5 Å². The molecule has 0 aromatic heterocycles. The van der Waals surface area contributed by atoms with Crippen molar-refractivity contribution in [2.75, 3.05) is 39.6 Å². The lowest BCUT2D eigenvalue weighted by molar-refractivity contribution is -0.161. The minimum Gasteiger partial charge on any atom is -0.462 e. The molecule has 3 N–H and O–H groups in total. The Kier molecular flexibility index (Phi) is 56.6. The Morgan fingerprint density at radius 1 is 0.322 bits per heavy atom. The lowest BCUT2D eigenvalue weighted by Gasteiger charge is -2.21. The van der Waals surface area contributed by atoms with Crippen LogP contribution in [0.4, 0.5) is 0 Å². The molecule has 0 aromatic carbocycles. The summed E-state index contributed by atoms with van der Waals surface area (Å²) in [5.41, 5.74) is 0. The third kappa shape index (κ3) is 61.3. The Morgan fingerprint density at radius 2 is 0.552 bits per heavy atom. The number of rotatable bonds is 65. The van der Waals surface area contributed by atoms with Gasteiger partial charge in [0.05, 0.1) is 26.4 Å². The Morgan fingerprint density at radius 3 is 0.816 bits per heavy atom. The third-order valence-corrected chi connectivity index (χ3v) is 17.8. The summed E-state index contributed by atoms with van der Waals surface area (Å²) >= 11 is 0. The maximum Gasteiger partial charge on any atom is 0.472 e. The van der Waals surface area contributed by atoms with Gasteiger partial charge in [-0.05, 0) is 49.4 Å². The molecule has 19 heteroatoms. The van der Waals surface area contributed by atoms with Crippen LogP contribution in [0, 0.1) is 23.7 Å². The molecule has 0 rings (SSSR count). The molecule has 0 aliphatic heterocycles. The average Bonchev–Trinajstić information content (AvgIpc) is 3.67. The number of hydrogen-bond donors (Lipinski definition) is 3. The predicted molar refractivity (Wildman–Crippen MR) is 349 cm³/mol. The highest BCUT2D eigenvalue weighted by Gasteiger charge is 2.30. The fourth-order valence-electron chi connectivity index (χ4n) is 10.1. The predicted octanol–water partition coefficient (Wildman–Crippen LogP) is 18.9. The zero-order valence-corrected chi connectivity index (χ0v) is 58.4. The number of unbranched alkanes of at least 4 members (excludes halogenated alkanes) is 30. The minimum atomic E-state index is -4.95. The van der Waals surface area contributed by atoms with Crippen molar-refractivity contribution in [1.82, 2.24) is 0 Å². The quantitative estimate of drug-likeness (QED) is 0.0222. The number of carbonyl (C=O) groups excluding carboxylic acids is 4. The van der Waals surface area contributed by atoms with Gasteiger partial charge in [0.1, 0.15) is 19.3 Å². The van der Waals surface area contributed by atoms with Gasteiger partial charge in [0, 0.05) is 25.7 Å². The van der Waals surface area contributed by atoms with Gasteiger partial charge in [-0.15, -0.1) is 0 Å². The molecule has 0 saturated carbocycles. The van der Waals surface area contributed by atoms with E-state index >= 15 is 0 Å². The number of ether oxygens (including phenoxy) is 4. The second-order valence-electron chi connectivity index (χ2n) is 26.2. The van der Waals surface area contributed by atoms with E-state index in [9.17, 15) is 43.2 Å². The van der Waals surface area contributed by atoms with E-state index in [2.05, 4.69) is 55.4 Å². The zero-order valence-electron chi connectivity index (χ0n) is 56.6. The minimum absolute atomic E-state index is 0.102. The van der Waals surface area contributed by atoms with Gasteiger partial charge in [-0.2, -0.15) is 0 Å². The van der Waals surface area contributed by atoms with Crippen LogP contribution in [0.3, 0.4) is 0 Å². The van der Waals surface area contributed by atoms with Crippen LogP contribution >= 0.6 is 15.6 Å². The van der Waals surface area contributed by atoms with Gasteiger partial charge in [0.2, 0.25) is 0 Å². The molecule has 0 amide bonds. The van der Waals surface area contributed by atoms with Crippen LogP contribution in [0.25, 0.3) is 0 Å². The number of aliphatic hydroxyl groups excluding tert-OH is 1. The van der Waals surface area contributed by atoms with Crippen molar-refractivity contribution < 1.29 is 80.2 Å². The third-order valence-electron chi connectivity index (χ3n) is 15.9. The highest BCUT2D eigenvalue weighted by molar-refractivity contribution is 7.47. The molecule has 0 radical (unpaired) electrons. The lowest BCUT2D eigenvalue weighted by atomic mass is 10.00. The van der Waals surface area contributed by atoms with E-state index in [1.54, 1.807) is 0 Å². The molecule has 17 nitrogen and oxygen atoms in total. The van der Waals surface area contributed by atoms with Crippen molar-refractivity contribution in [3.8, 4) is 0 Å². The topological polar surface area (TPSA) is 237 Å². The second kappa shape index (κ2) is 57.9. The van der Waals surface area contributed by atoms with Crippen molar-refractivity contribution in [3.63, 3.8) is 0 Å². The second-order valence-corrected chi connectivity index (χ2v) is 29.1. The summed E-state index contributed by atoms with van der Waals surface area (Å²) in [5, 5.41) is 10.6. The summed E-state index contributed by atoms with van der Waals surface area (Å²) < 4.78 is 68.1. The summed E-state index contributed by atoms with van der Waals surface area (Å²) in [6, 6.07) is 0. The van der Waals surface area contributed by atoms with E-state index in [1.165, 1.54) is 128 Å². The van der Waals surface area contributed by atoms with Crippen LogP contribution in [0.5, 0.6) is 0 Å².